The van der Waals surface area contributed by atoms with E-state index in [0.717, 1.165) is 59.9 Å². The number of hydrogen-bond acceptors (Lipinski definition) is 7. The number of nitrogens with one attached hydrogen (secondary N) is 2. The third-order valence-corrected chi connectivity index (χ3v) is 5.78. The molecule has 0 saturated carbocycles. The molecule has 4 rings (SSSR count). The van der Waals surface area contributed by atoms with Crippen LogP contribution in [0.25, 0.3) is 10.9 Å². The SMILES string of the molecule is CCNC(=O)COc1cc2cc(Nc3nc(N4CCCCC4)ncc3C)ccc2n(C)c1=O. The lowest BCUT2D eigenvalue weighted by molar-refractivity contribution is -0.123. The van der Waals surface area contributed by atoms with Crippen molar-refractivity contribution >= 4 is 34.3 Å². The molecule has 1 fully saturated rings. The van der Waals surface area contributed by atoms with E-state index in [2.05, 4.69) is 20.5 Å². The summed E-state index contributed by atoms with van der Waals surface area (Å²) in [5.74, 6) is 1.37. The Morgan fingerprint density at radius 1 is 1.18 bits per heavy atom. The van der Waals surface area contributed by atoms with Crippen LogP contribution >= 0.6 is 0 Å². The number of aromatic nitrogens is 3. The molecule has 1 aliphatic heterocycles. The molecule has 1 aromatic carbocycles. The highest BCUT2D eigenvalue weighted by molar-refractivity contribution is 5.85. The predicted octanol–water partition coefficient (Wildman–Crippen LogP) is 2.89. The number of carbonyl (C=O) groups excluding carboxylic acids is 1. The average Bonchev–Trinajstić information content (AvgIpc) is 2.82. The zero-order valence-electron chi connectivity index (χ0n) is 19.4. The first kappa shape index (κ1) is 22.6. The van der Waals surface area contributed by atoms with Gasteiger partial charge in [-0.05, 0) is 57.4 Å². The molecule has 9 heteroatoms. The van der Waals surface area contributed by atoms with Crippen molar-refractivity contribution in [1.29, 1.82) is 0 Å². The zero-order valence-corrected chi connectivity index (χ0v) is 19.4. The van der Waals surface area contributed by atoms with Gasteiger partial charge in [-0.15, -0.1) is 0 Å². The predicted molar refractivity (Wildman–Crippen MR) is 129 cm³/mol. The van der Waals surface area contributed by atoms with Gasteiger partial charge in [0.1, 0.15) is 5.82 Å². The Morgan fingerprint density at radius 3 is 2.73 bits per heavy atom. The Balaban J connectivity index is 1.60. The Bertz CT molecular complexity index is 1220. The molecule has 1 amide bonds. The van der Waals surface area contributed by atoms with Crippen LogP contribution < -0.4 is 25.8 Å². The van der Waals surface area contributed by atoms with E-state index >= 15 is 0 Å². The minimum absolute atomic E-state index is 0.138. The summed E-state index contributed by atoms with van der Waals surface area (Å²) in [7, 11) is 1.69. The van der Waals surface area contributed by atoms with Crippen molar-refractivity contribution in [3.63, 3.8) is 0 Å². The monoisotopic (exact) mass is 450 g/mol. The third kappa shape index (κ3) is 5.08. The summed E-state index contributed by atoms with van der Waals surface area (Å²) in [4.78, 5) is 35.9. The molecule has 3 aromatic rings. The highest BCUT2D eigenvalue weighted by atomic mass is 16.5. The fourth-order valence-corrected chi connectivity index (χ4v) is 3.97. The minimum Gasteiger partial charge on any atom is -0.478 e. The number of ether oxygens (including phenoxy) is 1. The number of benzene rings is 1. The smallest absolute Gasteiger partial charge is 0.293 e. The molecule has 9 nitrogen and oxygen atoms in total. The number of aryl methyl sites for hydroxylation is 2. The molecule has 174 valence electrons. The van der Waals surface area contributed by atoms with E-state index in [1.165, 1.54) is 11.0 Å². The Labute approximate surface area is 192 Å². The Hall–Kier alpha value is -3.62. The molecule has 2 N–H and O–H groups in total. The number of piperidine rings is 1. The maximum absolute atomic E-state index is 12.6. The summed E-state index contributed by atoms with van der Waals surface area (Å²) in [5.41, 5.74) is 2.26. The van der Waals surface area contributed by atoms with Crippen LogP contribution in [0.15, 0.2) is 35.3 Å². The molecule has 2 aromatic heterocycles. The number of likely N-dealkylation sites (N-methyl/N-ethyl adjacent to an activating group) is 1. The molecule has 3 heterocycles. The number of rotatable bonds is 7. The van der Waals surface area contributed by atoms with Crippen molar-refractivity contribution in [1.82, 2.24) is 19.9 Å². The first-order valence-electron chi connectivity index (χ1n) is 11.3. The van der Waals surface area contributed by atoms with E-state index in [4.69, 9.17) is 9.72 Å². The van der Waals surface area contributed by atoms with Gasteiger partial charge in [0.05, 0.1) is 5.52 Å². The summed E-state index contributed by atoms with van der Waals surface area (Å²) in [5, 5.41) is 6.87. The number of carbonyl (C=O) groups is 1. The number of fused-ring (bicyclic) bond motifs is 1. The van der Waals surface area contributed by atoms with Gasteiger partial charge in [0.2, 0.25) is 5.95 Å². The Morgan fingerprint density at radius 2 is 1.97 bits per heavy atom. The maximum Gasteiger partial charge on any atom is 0.293 e. The summed E-state index contributed by atoms with van der Waals surface area (Å²) in [6.45, 7) is 6.06. The van der Waals surface area contributed by atoms with Crippen molar-refractivity contribution in [2.75, 3.05) is 36.5 Å². The van der Waals surface area contributed by atoms with Gasteiger partial charge in [0.15, 0.2) is 12.4 Å². The normalized spacial score (nSPS) is 13.7. The number of anilines is 3. The van der Waals surface area contributed by atoms with Crippen LogP contribution in [0, 0.1) is 6.92 Å². The summed E-state index contributed by atoms with van der Waals surface area (Å²) >= 11 is 0. The van der Waals surface area contributed by atoms with Crippen LogP contribution in [-0.4, -0.2) is 46.7 Å². The minimum atomic E-state index is -0.287. The fraction of sp³-hybridized carbons (Fsp3) is 0.417. The van der Waals surface area contributed by atoms with E-state index in [-0.39, 0.29) is 23.8 Å². The van der Waals surface area contributed by atoms with Crippen molar-refractivity contribution in [2.45, 2.75) is 33.1 Å². The van der Waals surface area contributed by atoms with Crippen LogP contribution in [0.4, 0.5) is 17.5 Å². The van der Waals surface area contributed by atoms with Crippen LogP contribution in [0.5, 0.6) is 5.75 Å². The first-order valence-corrected chi connectivity index (χ1v) is 11.3. The van der Waals surface area contributed by atoms with Crippen LogP contribution in [0.2, 0.25) is 0 Å². The van der Waals surface area contributed by atoms with Crippen molar-refractivity contribution in [3.05, 3.63) is 46.4 Å². The van der Waals surface area contributed by atoms with Crippen molar-refractivity contribution in [2.24, 2.45) is 7.05 Å². The Kier molecular flexibility index (Phi) is 6.76. The molecule has 0 radical (unpaired) electrons. The fourth-order valence-electron chi connectivity index (χ4n) is 3.97. The second-order valence-corrected chi connectivity index (χ2v) is 8.26. The van der Waals surface area contributed by atoms with E-state index in [0.29, 0.717) is 6.54 Å². The lowest BCUT2D eigenvalue weighted by atomic mass is 10.1. The molecule has 0 bridgehead atoms. The molecule has 0 atom stereocenters. The van der Waals surface area contributed by atoms with Crippen LogP contribution in [-0.2, 0) is 11.8 Å². The third-order valence-electron chi connectivity index (χ3n) is 5.78. The number of hydrogen-bond donors (Lipinski definition) is 2. The van der Waals surface area contributed by atoms with E-state index < -0.39 is 0 Å². The van der Waals surface area contributed by atoms with Crippen LogP contribution in [0.1, 0.15) is 31.7 Å². The van der Waals surface area contributed by atoms with Gasteiger partial charge in [-0.2, -0.15) is 4.98 Å². The van der Waals surface area contributed by atoms with Gasteiger partial charge in [-0.1, -0.05) is 0 Å². The first-order chi connectivity index (χ1) is 16.0. The molecule has 0 spiro atoms. The number of nitrogens with zero attached hydrogens (tertiary/aromatic N) is 4. The van der Waals surface area contributed by atoms with Gasteiger partial charge >= 0.3 is 0 Å². The van der Waals surface area contributed by atoms with Gasteiger partial charge in [-0.25, -0.2) is 4.98 Å². The number of amides is 1. The topological polar surface area (TPSA) is 101 Å². The second kappa shape index (κ2) is 9.89. The lowest BCUT2D eigenvalue weighted by Crippen LogP contribution is -2.31. The van der Waals surface area contributed by atoms with Crippen LogP contribution in [0.3, 0.4) is 0 Å². The van der Waals surface area contributed by atoms with Gasteiger partial charge in [-0.3, -0.25) is 9.59 Å². The molecule has 1 saturated heterocycles. The van der Waals surface area contributed by atoms with E-state index in [1.807, 2.05) is 38.2 Å². The standard InChI is InChI=1S/C24H30N6O3/c1-4-25-21(31)15-33-20-13-17-12-18(8-9-19(17)29(3)23(20)32)27-22-16(2)14-26-24(28-22)30-10-6-5-7-11-30/h8-9,12-14H,4-7,10-11,15H2,1-3H3,(H,25,31)(H,26,27,28). The highest BCUT2D eigenvalue weighted by Gasteiger charge is 2.15. The lowest BCUT2D eigenvalue weighted by Gasteiger charge is -2.27. The summed E-state index contributed by atoms with van der Waals surface area (Å²) in [6, 6.07) is 7.41. The number of pyridine rings is 1. The summed E-state index contributed by atoms with van der Waals surface area (Å²) < 4.78 is 7.03. The average molecular weight is 451 g/mol. The molecular formula is C24H30N6O3. The van der Waals surface area contributed by atoms with E-state index in [1.54, 1.807) is 13.1 Å². The van der Waals surface area contributed by atoms with Crippen molar-refractivity contribution < 1.29 is 9.53 Å². The molecule has 0 unspecified atom stereocenters. The molecule has 1 aliphatic rings. The van der Waals surface area contributed by atoms with Crippen molar-refractivity contribution in [3.8, 4) is 5.75 Å². The van der Waals surface area contributed by atoms with Gasteiger partial charge in [0, 0.05) is 49.5 Å². The quantitative estimate of drug-likeness (QED) is 0.571. The molecule has 0 aliphatic carbocycles. The van der Waals surface area contributed by atoms with Gasteiger partial charge in [0.25, 0.3) is 11.5 Å². The van der Waals surface area contributed by atoms with Gasteiger partial charge < -0.3 is 24.8 Å². The highest BCUT2D eigenvalue weighted by Crippen LogP contribution is 2.26. The zero-order chi connectivity index (χ0) is 23.4. The summed E-state index contributed by atoms with van der Waals surface area (Å²) in [6.07, 6.45) is 5.42. The second-order valence-electron chi connectivity index (χ2n) is 8.26. The maximum atomic E-state index is 12.6. The van der Waals surface area contributed by atoms with E-state index in [9.17, 15) is 9.59 Å². The molecule has 33 heavy (non-hydrogen) atoms. The largest absolute Gasteiger partial charge is 0.478 e. The molecular weight excluding hydrogens is 420 g/mol.